The first-order valence-electron chi connectivity index (χ1n) is 9.53. The molecule has 1 fully saturated rings. The first-order chi connectivity index (χ1) is 13.7. The van der Waals surface area contributed by atoms with Crippen LogP contribution in [-0.2, 0) is 6.54 Å². The predicted octanol–water partition coefficient (Wildman–Crippen LogP) is 3.94. The van der Waals surface area contributed by atoms with Gasteiger partial charge in [0.25, 0.3) is 0 Å². The van der Waals surface area contributed by atoms with Crippen LogP contribution in [0, 0.1) is 5.82 Å². The first kappa shape index (κ1) is 21.3. The van der Waals surface area contributed by atoms with Crippen molar-refractivity contribution in [1.82, 2.24) is 15.6 Å². The minimum Gasteiger partial charge on any atom is -0.352 e. The number of hydrogen-bond acceptors (Lipinski definition) is 3. The van der Waals surface area contributed by atoms with Crippen molar-refractivity contribution in [1.29, 1.82) is 0 Å². The summed E-state index contributed by atoms with van der Waals surface area (Å²) in [5.74, 6) is 0.898. The van der Waals surface area contributed by atoms with Crippen LogP contribution in [0.15, 0.2) is 65.8 Å². The Morgan fingerprint density at radius 2 is 2.00 bits per heavy atom. The van der Waals surface area contributed by atoms with Crippen molar-refractivity contribution >= 4 is 46.5 Å². The van der Waals surface area contributed by atoms with E-state index in [1.807, 2.05) is 11.0 Å². The summed E-state index contributed by atoms with van der Waals surface area (Å²) in [5.41, 5.74) is 1.20. The zero-order valence-corrected chi connectivity index (χ0v) is 18.6. The van der Waals surface area contributed by atoms with Crippen molar-refractivity contribution in [2.75, 3.05) is 25.0 Å². The van der Waals surface area contributed by atoms with E-state index in [9.17, 15) is 4.39 Å². The molecule has 1 aliphatic heterocycles. The largest absolute Gasteiger partial charge is 0.352 e. The fraction of sp³-hybridized carbons (Fsp3) is 0.273. The Hall–Kier alpha value is -2.42. The van der Waals surface area contributed by atoms with Gasteiger partial charge in [0.15, 0.2) is 17.6 Å². The number of fused-ring (bicyclic) bond motifs is 1. The van der Waals surface area contributed by atoms with Crippen LogP contribution in [0.3, 0.4) is 0 Å². The first-order valence-corrected chi connectivity index (χ1v) is 9.53. The fourth-order valence-electron chi connectivity index (χ4n) is 3.60. The molecule has 1 aliphatic rings. The Labute approximate surface area is 187 Å². The van der Waals surface area contributed by atoms with Gasteiger partial charge in [-0.2, -0.15) is 0 Å². The summed E-state index contributed by atoms with van der Waals surface area (Å²) >= 11 is 0. The maximum atomic E-state index is 14.0. The van der Waals surface area contributed by atoms with E-state index in [4.69, 9.17) is 0 Å². The van der Waals surface area contributed by atoms with Gasteiger partial charge in [-0.1, -0.05) is 36.4 Å². The molecule has 1 aromatic heterocycles. The maximum Gasteiger partial charge on any atom is 0.191 e. The minimum absolute atomic E-state index is 0. The molecule has 0 radical (unpaired) electrons. The van der Waals surface area contributed by atoms with Gasteiger partial charge in [-0.25, -0.2) is 9.37 Å². The van der Waals surface area contributed by atoms with Crippen molar-refractivity contribution in [2.24, 2.45) is 4.99 Å². The number of hydrogen-bond donors (Lipinski definition) is 2. The predicted molar refractivity (Wildman–Crippen MR) is 128 cm³/mol. The number of pyridine rings is 1. The molecule has 3 aromatic rings. The Morgan fingerprint density at radius 3 is 2.79 bits per heavy atom. The summed E-state index contributed by atoms with van der Waals surface area (Å²) in [4.78, 5) is 10.5. The lowest BCUT2D eigenvalue weighted by Gasteiger charge is -2.20. The van der Waals surface area contributed by atoms with E-state index in [-0.39, 0.29) is 35.8 Å². The standard InChI is InChI=1S/C22H24FN5.HI/c1-24-22(26-14-16-8-9-17-5-2-3-6-18(17)13-16)27-19-10-12-28(15-19)21-20(23)7-4-11-25-21;/h2-9,11,13,19H,10,12,14-15H2,1H3,(H2,24,26,27);1H. The number of nitrogens with zero attached hydrogens (tertiary/aromatic N) is 3. The quantitative estimate of drug-likeness (QED) is 0.321. The van der Waals surface area contributed by atoms with Gasteiger partial charge in [-0.05, 0) is 41.0 Å². The normalized spacial score (nSPS) is 16.6. The molecule has 1 atom stereocenters. The second-order valence-corrected chi connectivity index (χ2v) is 6.99. The molecular formula is C22H25FIN5. The maximum absolute atomic E-state index is 14.0. The third-order valence-electron chi connectivity index (χ3n) is 5.07. The van der Waals surface area contributed by atoms with Gasteiger partial charge in [0.2, 0.25) is 0 Å². The monoisotopic (exact) mass is 505 g/mol. The van der Waals surface area contributed by atoms with E-state index >= 15 is 0 Å². The van der Waals surface area contributed by atoms with Crippen LogP contribution in [0.5, 0.6) is 0 Å². The van der Waals surface area contributed by atoms with Crippen LogP contribution < -0.4 is 15.5 Å². The molecule has 0 bridgehead atoms. The topological polar surface area (TPSA) is 52.6 Å². The Morgan fingerprint density at radius 1 is 1.17 bits per heavy atom. The molecule has 0 saturated carbocycles. The van der Waals surface area contributed by atoms with Crippen LogP contribution in [-0.4, -0.2) is 37.1 Å². The average Bonchev–Trinajstić information content (AvgIpc) is 3.19. The highest BCUT2D eigenvalue weighted by Gasteiger charge is 2.25. The van der Waals surface area contributed by atoms with Crippen molar-refractivity contribution in [3.63, 3.8) is 0 Å². The van der Waals surface area contributed by atoms with Gasteiger partial charge >= 0.3 is 0 Å². The van der Waals surface area contributed by atoms with E-state index in [1.54, 1.807) is 19.3 Å². The summed E-state index contributed by atoms with van der Waals surface area (Å²) in [6.45, 7) is 2.16. The Bertz CT molecular complexity index is 994. The summed E-state index contributed by atoms with van der Waals surface area (Å²) in [7, 11) is 1.76. The van der Waals surface area contributed by atoms with E-state index in [0.29, 0.717) is 18.9 Å². The highest BCUT2D eigenvalue weighted by Crippen LogP contribution is 2.21. The molecule has 2 heterocycles. The average molecular weight is 505 g/mol. The third kappa shape index (κ3) is 5.14. The number of aliphatic imine (C=N–C) groups is 1. The van der Waals surface area contributed by atoms with E-state index in [0.717, 1.165) is 18.9 Å². The van der Waals surface area contributed by atoms with E-state index < -0.39 is 0 Å². The molecule has 2 N–H and O–H groups in total. The van der Waals surface area contributed by atoms with Gasteiger partial charge in [0.1, 0.15) is 0 Å². The summed E-state index contributed by atoms with van der Waals surface area (Å²) in [6.07, 6.45) is 2.54. The number of aromatic nitrogens is 1. The molecule has 5 nitrogen and oxygen atoms in total. The summed E-state index contributed by atoms with van der Waals surface area (Å²) < 4.78 is 14.0. The zero-order valence-electron chi connectivity index (χ0n) is 16.3. The number of nitrogens with one attached hydrogen (secondary N) is 2. The molecule has 1 saturated heterocycles. The smallest absolute Gasteiger partial charge is 0.191 e. The molecular weight excluding hydrogens is 480 g/mol. The molecule has 0 aliphatic carbocycles. The Kier molecular flexibility index (Phi) is 7.24. The SMILES string of the molecule is CN=C(NCc1ccc2ccccc2c1)NC1CCN(c2ncccc2F)C1.I. The molecule has 0 amide bonds. The number of halogens is 2. The van der Waals surface area contributed by atoms with Crippen LogP contribution >= 0.6 is 24.0 Å². The number of anilines is 1. The van der Waals surface area contributed by atoms with Crippen LogP contribution in [0.25, 0.3) is 10.8 Å². The molecule has 1 unspecified atom stereocenters. The molecule has 7 heteroatoms. The van der Waals surface area contributed by atoms with Gasteiger partial charge < -0.3 is 15.5 Å². The highest BCUT2D eigenvalue weighted by molar-refractivity contribution is 14.0. The van der Waals surface area contributed by atoms with E-state index in [1.165, 1.54) is 22.4 Å². The summed E-state index contributed by atoms with van der Waals surface area (Å²) in [5, 5.41) is 9.28. The second-order valence-electron chi connectivity index (χ2n) is 6.99. The van der Waals surface area contributed by atoms with Gasteiger partial charge in [-0.15, -0.1) is 24.0 Å². The second kappa shape index (κ2) is 9.87. The van der Waals surface area contributed by atoms with Crippen molar-refractivity contribution in [3.8, 4) is 0 Å². The van der Waals surface area contributed by atoms with Crippen LogP contribution in [0.2, 0.25) is 0 Å². The lowest BCUT2D eigenvalue weighted by molar-refractivity contribution is 0.612. The number of guanidine groups is 1. The number of benzene rings is 2. The number of rotatable bonds is 4. The summed E-state index contributed by atoms with van der Waals surface area (Å²) in [6, 6.07) is 18.1. The van der Waals surface area contributed by atoms with Gasteiger partial charge in [0, 0.05) is 38.9 Å². The zero-order chi connectivity index (χ0) is 19.3. The lowest BCUT2D eigenvalue weighted by atomic mass is 10.1. The highest BCUT2D eigenvalue weighted by atomic mass is 127. The fourth-order valence-corrected chi connectivity index (χ4v) is 3.60. The van der Waals surface area contributed by atoms with Crippen molar-refractivity contribution in [3.05, 3.63) is 72.2 Å². The van der Waals surface area contributed by atoms with Crippen LogP contribution in [0.1, 0.15) is 12.0 Å². The molecule has 4 rings (SSSR count). The minimum atomic E-state index is -0.276. The molecule has 0 spiro atoms. The van der Waals surface area contributed by atoms with E-state index in [2.05, 4.69) is 57.0 Å². The third-order valence-corrected chi connectivity index (χ3v) is 5.07. The molecule has 29 heavy (non-hydrogen) atoms. The molecule has 152 valence electrons. The van der Waals surface area contributed by atoms with Crippen molar-refractivity contribution < 1.29 is 4.39 Å². The van der Waals surface area contributed by atoms with Crippen molar-refractivity contribution in [2.45, 2.75) is 19.0 Å². The Balaban J connectivity index is 0.00000240. The lowest BCUT2D eigenvalue weighted by Crippen LogP contribution is -2.44. The van der Waals surface area contributed by atoms with Gasteiger partial charge in [0.05, 0.1) is 0 Å². The van der Waals surface area contributed by atoms with Gasteiger partial charge in [-0.3, -0.25) is 4.99 Å². The van der Waals surface area contributed by atoms with Crippen LogP contribution in [0.4, 0.5) is 10.2 Å². The molecule has 2 aromatic carbocycles.